The molecule has 0 atom stereocenters. The quantitative estimate of drug-likeness (QED) is 0.584. The number of imidazole rings is 1. The summed E-state index contributed by atoms with van der Waals surface area (Å²) in [5, 5.41) is 0. The monoisotopic (exact) mass is 417 g/mol. The molecule has 0 saturated heterocycles. The van der Waals surface area contributed by atoms with Crippen LogP contribution >= 0.6 is 0 Å². The van der Waals surface area contributed by atoms with Crippen LogP contribution in [0.5, 0.6) is 0 Å². The van der Waals surface area contributed by atoms with E-state index in [1.165, 1.54) is 11.1 Å². The second kappa shape index (κ2) is 8.00. The largest absolute Gasteiger partial charge is 0.340 e. The van der Waals surface area contributed by atoms with Gasteiger partial charge in [-0.05, 0) is 60.4 Å². The summed E-state index contributed by atoms with van der Waals surface area (Å²) in [6.45, 7) is 6.14. The number of aromatic amines is 1. The molecule has 0 spiro atoms. The third-order valence-corrected chi connectivity index (χ3v) is 6.49. The minimum Gasteiger partial charge on any atom is -0.340 e. The molecule has 0 radical (unpaired) electrons. The highest BCUT2D eigenvalue weighted by Crippen LogP contribution is 2.36. The van der Waals surface area contributed by atoms with Gasteiger partial charge in [-0.3, -0.25) is 4.90 Å². The van der Waals surface area contributed by atoms with Crippen molar-refractivity contribution >= 4 is 22.8 Å². The van der Waals surface area contributed by atoms with Crippen LogP contribution in [0.15, 0.2) is 36.4 Å². The van der Waals surface area contributed by atoms with Gasteiger partial charge in [0, 0.05) is 19.1 Å². The molecule has 3 N–H and O–H groups in total. The highest BCUT2D eigenvalue weighted by atomic mass is 16.2. The van der Waals surface area contributed by atoms with Gasteiger partial charge in [-0.2, -0.15) is 0 Å². The second-order valence-electron chi connectivity index (χ2n) is 9.28. The number of hydrogen-bond acceptors (Lipinski definition) is 3. The average molecular weight is 418 g/mol. The number of amides is 2. The lowest BCUT2D eigenvalue weighted by molar-refractivity contribution is 0.194. The first-order valence-electron chi connectivity index (χ1n) is 11.4. The zero-order valence-electron chi connectivity index (χ0n) is 18.4. The summed E-state index contributed by atoms with van der Waals surface area (Å²) in [6, 6.07) is 12.9. The SMILES string of the molecule is CC(C)CCc1c(CN)ccc2[nH]c(CN3C(=O)N(C4CC4)Cc4ccccc43)nc12. The topological polar surface area (TPSA) is 78.2 Å². The Balaban J connectivity index is 1.50. The molecule has 1 aliphatic heterocycles. The number of hydrogen-bond donors (Lipinski definition) is 2. The van der Waals surface area contributed by atoms with Crippen molar-refractivity contribution in [3.05, 3.63) is 58.9 Å². The first kappa shape index (κ1) is 20.1. The normalized spacial score (nSPS) is 16.5. The van der Waals surface area contributed by atoms with Crippen molar-refractivity contribution in [2.24, 2.45) is 11.7 Å². The van der Waals surface area contributed by atoms with Crippen molar-refractivity contribution in [3.63, 3.8) is 0 Å². The number of H-pyrrole nitrogens is 1. The van der Waals surface area contributed by atoms with E-state index in [9.17, 15) is 4.79 Å². The number of nitrogens with zero attached hydrogens (tertiary/aromatic N) is 3. The summed E-state index contributed by atoms with van der Waals surface area (Å²) >= 11 is 0. The van der Waals surface area contributed by atoms with E-state index in [0.29, 0.717) is 31.6 Å². The number of aromatic nitrogens is 2. The lowest BCUT2D eigenvalue weighted by atomic mass is 9.97. The number of fused-ring (bicyclic) bond motifs is 2. The van der Waals surface area contributed by atoms with Gasteiger partial charge in [-0.15, -0.1) is 0 Å². The van der Waals surface area contributed by atoms with Crippen molar-refractivity contribution in [1.29, 1.82) is 0 Å². The minimum absolute atomic E-state index is 0.0873. The number of carbonyl (C=O) groups is 1. The number of benzene rings is 2. The fourth-order valence-electron chi connectivity index (χ4n) is 4.59. The first-order chi connectivity index (χ1) is 15.0. The van der Waals surface area contributed by atoms with Crippen molar-refractivity contribution in [3.8, 4) is 0 Å². The maximum Gasteiger partial charge on any atom is 0.325 e. The van der Waals surface area contributed by atoms with Crippen LogP contribution in [0, 0.1) is 5.92 Å². The minimum atomic E-state index is 0.0873. The molecule has 3 aromatic rings. The highest BCUT2D eigenvalue weighted by molar-refractivity contribution is 5.95. The highest BCUT2D eigenvalue weighted by Gasteiger charge is 2.39. The van der Waals surface area contributed by atoms with Crippen LogP contribution in [-0.4, -0.2) is 26.9 Å². The van der Waals surface area contributed by atoms with Crippen LogP contribution in [0.4, 0.5) is 10.5 Å². The molecule has 31 heavy (non-hydrogen) atoms. The van der Waals surface area contributed by atoms with E-state index in [2.05, 4.69) is 43.1 Å². The number of carbonyl (C=O) groups excluding carboxylic acids is 1. The molecule has 1 fully saturated rings. The summed E-state index contributed by atoms with van der Waals surface area (Å²) in [5.41, 5.74) is 12.6. The van der Waals surface area contributed by atoms with Crippen LogP contribution in [0.25, 0.3) is 11.0 Å². The summed E-state index contributed by atoms with van der Waals surface area (Å²) in [7, 11) is 0. The fraction of sp³-hybridized carbons (Fsp3) is 0.440. The molecule has 6 heteroatoms. The number of nitrogens with one attached hydrogen (secondary N) is 1. The third kappa shape index (κ3) is 3.81. The van der Waals surface area contributed by atoms with Crippen molar-refractivity contribution in [2.45, 2.75) is 65.2 Å². The van der Waals surface area contributed by atoms with Gasteiger partial charge >= 0.3 is 6.03 Å². The molecule has 2 aromatic carbocycles. The Morgan fingerprint density at radius 3 is 2.74 bits per heavy atom. The predicted octanol–water partition coefficient (Wildman–Crippen LogP) is 4.71. The Labute approximate surface area is 183 Å². The molecule has 2 aliphatic rings. The number of rotatable bonds is 7. The number of para-hydroxylation sites is 1. The summed E-state index contributed by atoms with van der Waals surface area (Å²) < 4.78 is 0. The van der Waals surface area contributed by atoms with Crippen LogP contribution in [0.2, 0.25) is 0 Å². The van der Waals surface area contributed by atoms with Crippen molar-refractivity contribution in [2.75, 3.05) is 4.90 Å². The number of anilines is 1. The van der Waals surface area contributed by atoms with Crippen molar-refractivity contribution in [1.82, 2.24) is 14.9 Å². The van der Waals surface area contributed by atoms with E-state index in [1.54, 1.807) is 0 Å². The van der Waals surface area contributed by atoms with E-state index in [4.69, 9.17) is 10.7 Å². The molecule has 1 aliphatic carbocycles. The summed E-state index contributed by atoms with van der Waals surface area (Å²) in [6.07, 6.45) is 4.27. The standard InChI is InChI=1S/C25H31N5O/c1-16(2)7-11-20-17(13-26)8-12-21-24(20)28-23(27-21)15-30-22-6-4-3-5-18(22)14-29(25(30)31)19-9-10-19/h3-6,8,12,16,19H,7,9-11,13-15,26H2,1-2H3,(H,27,28). The molecule has 0 bridgehead atoms. The summed E-state index contributed by atoms with van der Waals surface area (Å²) in [5.74, 6) is 1.44. The zero-order chi connectivity index (χ0) is 21.5. The van der Waals surface area contributed by atoms with E-state index in [0.717, 1.165) is 53.8 Å². The third-order valence-electron chi connectivity index (χ3n) is 6.49. The van der Waals surface area contributed by atoms with Gasteiger partial charge in [0.15, 0.2) is 0 Å². The van der Waals surface area contributed by atoms with E-state index in [-0.39, 0.29) is 6.03 Å². The molecule has 1 saturated carbocycles. The molecule has 5 rings (SSSR count). The van der Waals surface area contributed by atoms with Gasteiger partial charge in [0.2, 0.25) is 0 Å². The Hall–Kier alpha value is -2.86. The van der Waals surface area contributed by atoms with Gasteiger partial charge in [0.25, 0.3) is 0 Å². The number of nitrogens with two attached hydrogens (primary N) is 1. The summed E-state index contributed by atoms with van der Waals surface area (Å²) in [4.78, 5) is 25.7. The molecular weight excluding hydrogens is 386 g/mol. The Bertz CT molecular complexity index is 1110. The van der Waals surface area contributed by atoms with Gasteiger partial charge in [0.05, 0.1) is 23.3 Å². The lowest BCUT2D eigenvalue weighted by Crippen LogP contribution is -2.47. The van der Waals surface area contributed by atoms with Gasteiger partial charge < -0.3 is 15.6 Å². The van der Waals surface area contributed by atoms with Gasteiger partial charge in [0.1, 0.15) is 5.82 Å². The average Bonchev–Trinajstić information content (AvgIpc) is 3.52. The van der Waals surface area contributed by atoms with Crippen LogP contribution in [-0.2, 0) is 26.1 Å². The van der Waals surface area contributed by atoms with Gasteiger partial charge in [-0.25, -0.2) is 9.78 Å². The van der Waals surface area contributed by atoms with E-state index >= 15 is 0 Å². The molecule has 2 heterocycles. The second-order valence-corrected chi connectivity index (χ2v) is 9.28. The van der Waals surface area contributed by atoms with Crippen LogP contribution in [0.3, 0.4) is 0 Å². The molecule has 1 aromatic heterocycles. The van der Waals surface area contributed by atoms with Gasteiger partial charge in [-0.1, -0.05) is 38.1 Å². The molecule has 6 nitrogen and oxygen atoms in total. The lowest BCUT2D eigenvalue weighted by Gasteiger charge is -2.37. The first-order valence-corrected chi connectivity index (χ1v) is 11.4. The predicted molar refractivity (Wildman–Crippen MR) is 124 cm³/mol. The molecule has 2 amide bonds. The van der Waals surface area contributed by atoms with E-state index in [1.807, 2.05) is 21.9 Å². The Morgan fingerprint density at radius 1 is 1.19 bits per heavy atom. The fourth-order valence-corrected chi connectivity index (χ4v) is 4.59. The Kier molecular flexibility index (Phi) is 5.18. The maximum absolute atomic E-state index is 13.3. The van der Waals surface area contributed by atoms with Crippen LogP contribution in [0.1, 0.15) is 55.6 Å². The number of urea groups is 1. The molecule has 0 unspecified atom stereocenters. The number of aryl methyl sites for hydroxylation is 1. The van der Waals surface area contributed by atoms with Crippen LogP contribution < -0.4 is 10.6 Å². The molecular formula is C25H31N5O. The molecule has 162 valence electrons. The zero-order valence-corrected chi connectivity index (χ0v) is 18.4. The maximum atomic E-state index is 13.3. The van der Waals surface area contributed by atoms with Crippen molar-refractivity contribution < 1.29 is 4.79 Å². The smallest absolute Gasteiger partial charge is 0.325 e. The Morgan fingerprint density at radius 2 is 2.00 bits per heavy atom. The van der Waals surface area contributed by atoms with E-state index < -0.39 is 0 Å².